The Morgan fingerprint density at radius 3 is 2.48 bits per heavy atom. The summed E-state index contributed by atoms with van der Waals surface area (Å²) in [5, 5.41) is 18.0. The van der Waals surface area contributed by atoms with Gasteiger partial charge in [0.15, 0.2) is 0 Å². The first-order valence-electron chi connectivity index (χ1n) is 6.57. The molecule has 0 saturated carbocycles. The number of ether oxygens (including phenoxy) is 2. The summed E-state index contributed by atoms with van der Waals surface area (Å²) in [4.78, 5) is 0. The first-order chi connectivity index (χ1) is 10.2. The minimum absolute atomic E-state index is 0.156. The van der Waals surface area contributed by atoms with E-state index in [4.69, 9.17) is 19.5 Å². The van der Waals surface area contributed by atoms with Crippen LogP contribution >= 0.6 is 0 Å². The lowest BCUT2D eigenvalue weighted by Gasteiger charge is -2.08. The molecule has 0 aliphatic carbocycles. The fraction of sp³-hybridized carbons (Fsp3) is 0.200. The molecule has 0 heterocycles. The lowest BCUT2D eigenvalue weighted by Crippen LogP contribution is -2.33. The zero-order valence-corrected chi connectivity index (χ0v) is 11.4. The molecule has 0 aromatic heterocycles. The molecular weight excluding hydrogens is 274 g/mol. The van der Waals surface area contributed by atoms with E-state index in [0.717, 1.165) is 5.75 Å². The molecule has 0 aliphatic rings. The first kappa shape index (κ1) is 15.5. The fourth-order valence-electron chi connectivity index (χ4n) is 1.81. The standard InChI is InChI=1S/C15H16BFO4/c17-15-7-6-12(10-14(15)16(18)19)11-20-8-9-21-13-4-2-1-3-5-13/h1-7,10,18-19H,8-9,11H2. The zero-order chi connectivity index (χ0) is 15.1. The zero-order valence-electron chi connectivity index (χ0n) is 11.4. The predicted octanol–water partition coefficient (Wildman–Crippen LogP) is 1.10. The smallest absolute Gasteiger partial charge is 0.491 e. The number of hydrogen-bond acceptors (Lipinski definition) is 4. The highest BCUT2D eigenvalue weighted by atomic mass is 19.1. The third-order valence-electron chi connectivity index (χ3n) is 2.85. The highest BCUT2D eigenvalue weighted by Gasteiger charge is 2.16. The molecule has 21 heavy (non-hydrogen) atoms. The van der Waals surface area contributed by atoms with Crippen LogP contribution < -0.4 is 10.2 Å². The van der Waals surface area contributed by atoms with Crippen molar-refractivity contribution in [1.82, 2.24) is 0 Å². The second-order valence-electron chi connectivity index (χ2n) is 4.44. The third kappa shape index (κ3) is 4.86. The van der Waals surface area contributed by atoms with Crippen LogP contribution in [0.4, 0.5) is 4.39 Å². The average molecular weight is 290 g/mol. The van der Waals surface area contributed by atoms with Gasteiger partial charge in [0.05, 0.1) is 13.2 Å². The summed E-state index contributed by atoms with van der Waals surface area (Å²) in [5.74, 6) is 0.120. The van der Waals surface area contributed by atoms with Crippen molar-refractivity contribution in [1.29, 1.82) is 0 Å². The van der Waals surface area contributed by atoms with Gasteiger partial charge in [-0.2, -0.15) is 0 Å². The van der Waals surface area contributed by atoms with Crippen LogP contribution in [-0.4, -0.2) is 30.4 Å². The van der Waals surface area contributed by atoms with Gasteiger partial charge in [0.1, 0.15) is 18.2 Å². The van der Waals surface area contributed by atoms with E-state index < -0.39 is 12.9 Å². The first-order valence-corrected chi connectivity index (χ1v) is 6.57. The fourth-order valence-corrected chi connectivity index (χ4v) is 1.81. The number of halogens is 1. The predicted molar refractivity (Wildman–Crippen MR) is 77.8 cm³/mol. The maximum absolute atomic E-state index is 13.3. The lowest BCUT2D eigenvalue weighted by atomic mass is 9.79. The summed E-state index contributed by atoms with van der Waals surface area (Å²) in [6, 6.07) is 13.5. The van der Waals surface area contributed by atoms with E-state index in [9.17, 15) is 4.39 Å². The summed E-state index contributed by atoms with van der Waals surface area (Å²) in [5.41, 5.74) is 0.510. The monoisotopic (exact) mass is 290 g/mol. The number of para-hydroxylation sites is 1. The van der Waals surface area contributed by atoms with Crippen LogP contribution in [-0.2, 0) is 11.3 Å². The van der Waals surface area contributed by atoms with Gasteiger partial charge in [-0.1, -0.05) is 30.3 Å². The van der Waals surface area contributed by atoms with Crippen molar-refractivity contribution in [2.24, 2.45) is 0 Å². The highest BCUT2D eigenvalue weighted by Crippen LogP contribution is 2.08. The molecule has 0 atom stereocenters. The van der Waals surface area contributed by atoms with Crippen molar-refractivity contribution in [3.8, 4) is 5.75 Å². The molecular formula is C15H16BFO4. The van der Waals surface area contributed by atoms with Gasteiger partial charge in [0, 0.05) is 5.46 Å². The van der Waals surface area contributed by atoms with E-state index in [1.165, 1.54) is 12.1 Å². The quantitative estimate of drug-likeness (QED) is 0.592. The van der Waals surface area contributed by atoms with Crippen molar-refractivity contribution in [2.45, 2.75) is 6.61 Å². The topological polar surface area (TPSA) is 58.9 Å². The Balaban J connectivity index is 1.75. The number of rotatable bonds is 7. The minimum Gasteiger partial charge on any atom is -0.491 e. The molecule has 0 bridgehead atoms. The summed E-state index contributed by atoms with van der Waals surface area (Å²) >= 11 is 0. The summed E-state index contributed by atoms with van der Waals surface area (Å²) in [6.45, 7) is 1.03. The van der Waals surface area contributed by atoms with E-state index in [1.54, 1.807) is 6.07 Å². The Bertz CT molecular complexity index is 563. The van der Waals surface area contributed by atoms with Crippen LogP contribution in [0.25, 0.3) is 0 Å². The van der Waals surface area contributed by atoms with Gasteiger partial charge < -0.3 is 19.5 Å². The van der Waals surface area contributed by atoms with Crippen LogP contribution in [0, 0.1) is 5.82 Å². The van der Waals surface area contributed by atoms with Crippen LogP contribution in [0.15, 0.2) is 48.5 Å². The summed E-state index contributed by atoms with van der Waals surface area (Å²) in [6.07, 6.45) is 0. The Morgan fingerprint density at radius 1 is 1.00 bits per heavy atom. The van der Waals surface area contributed by atoms with E-state index in [1.807, 2.05) is 30.3 Å². The largest absolute Gasteiger partial charge is 0.491 e. The molecule has 2 aromatic carbocycles. The SMILES string of the molecule is OB(O)c1cc(COCCOc2ccccc2)ccc1F. The maximum Gasteiger partial charge on any atom is 0.491 e. The van der Waals surface area contributed by atoms with Crippen molar-refractivity contribution in [2.75, 3.05) is 13.2 Å². The van der Waals surface area contributed by atoms with Crippen molar-refractivity contribution in [3.05, 3.63) is 59.9 Å². The van der Waals surface area contributed by atoms with Crippen molar-refractivity contribution >= 4 is 12.6 Å². The van der Waals surface area contributed by atoms with Crippen LogP contribution in [0.1, 0.15) is 5.56 Å². The van der Waals surface area contributed by atoms with Crippen molar-refractivity contribution in [3.63, 3.8) is 0 Å². The molecule has 2 N–H and O–H groups in total. The second-order valence-corrected chi connectivity index (χ2v) is 4.44. The lowest BCUT2D eigenvalue weighted by molar-refractivity contribution is 0.0889. The molecule has 4 nitrogen and oxygen atoms in total. The molecule has 2 rings (SSSR count). The third-order valence-corrected chi connectivity index (χ3v) is 2.85. The number of benzene rings is 2. The van der Waals surface area contributed by atoms with Crippen LogP contribution in [0.2, 0.25) is 0 Å². The van der Waals surface area contributed by atoms with Gasteiger partial charge in [0.2, 0.25) is 0 Å². The molecule has 0 saturated heterocycles. The molecule has 0 fully saturated rings. The van der Waals surface area contributed by atoms with E-state index >= 15 is 0 Å². The Kier molecular flexibility index (Phi) is 5.74. The van der Waals surface area contributed by atoms with E-state index in [2.05, 4.69) is 0 Å². The molecule has 0 amide bonds. The minimum atomic E-state index is -1.83. The Labute approximate surface area is 122 Å². The van der Waals surface area contributed by atoms with Gasteiger partial charge in [-0.3, -0.25) is 0 Å². The van der Waals surface area contributed by atoms with E-state index in [-0.39, 0.29) is 12.1 Å². The Morgan fingerprint density at radius 2 is 1.76 bits per heavy atom. The molecule has 0 unspecified atom stereocenters. The van der Waals surface area contributed by atoms with Gasteiger partial charge in [-0.25, -0.2) is 4.39 Å². The van der Waals surface area contributed by atoms with Crippen molar-refractivity contribution < 1.29 is 23.9 Å². The van der Waals surface area contributed by atoms with E-state index in [0.29, 0.717) is 18.8 Å². The molecule has 0 aliphatic heterocycles. The maximum atomic E-state index is 13.3. The highest BCUT2D eigenvalue weighted by molar-refractivity contribution is 6.58. The molecule has 0 spiro atoms. The van der Waals surface area contributed by atoms with Gasteiger partial charge >= 0.3 is 7.12 Å². The normalized spacial score (nSPS) is 10.4. The summed E-state index contributed by atoms with van der Waals surface area (Å²) in [7, 11) is -1.83. The second kappa shape index (κ2) is 7.78. The molecule has 2 aromatic rings. The Hall–Kier alpha value is -1.89. The molecule has 6 heteroatoms. The number of hydrogen-bond donors (Lipinski definition) is 2. The average Bonchev–Trinajstić information content (AvgIpc) is 2.49. The van der Waals surface area contributed by atoms with Gasteiger partial charge in [0.25, 0.3) is 0 Å². The van der Waals surface area contributed by atoms with Gasteiger partial charge in [-0.05, 0) is 23.8 Å². The van der Waals surface area contributed by atoms with Crippen LogP contribution in [0.3, 0.4) is 0 Å². The molecule has 110 valence electrons. The summed E-state index contributed by atoms with van der Waals surface area (Å²) < 4.78 is 24.1. The molecule has 0 radical (unpaired) electrons. The van der Waals surface area contributed by atoms with Crippen LogP contribution in [0.5, 0.6) is 5.75 Å². The van der Waals surface area contributed by atoms with Gasteiger partial charge in [-0.15, -0.1) is 0 Å².